The molecule has 0 spiro atoms. The van der Waals surface area contributed by atoms with Gasteiger partial charge in [-0.05, 0) is 31.7 Å². The van der Waals surface area contributed by atoms with E-state index in [-0.39, 0.29) is 0 Å². The van der Waals surface area contributed by atoms with Crippen molar-refractivity contribution < 1.29 is 0 Å². The fourth-order valence-electron chi connectivity index (χ4n) is 3.27. The first-order chi connectivity index (χ1) is 10.7. The van der Waals surface area contributed by atoms with Gasteiger partial charge < -0.3 is 5.32 Å². The van der Waals surface area contributed by atoms with E-state index in [1.165, 1.54) is 24.9 Å². The maximum absolute atomic E-state index is 4.50. The minimum absolute atomic E-state index is 0.647. The number of nitrogens with one attached hydrogen (secondary N) is 1. The van der Waals surface area contributed by atoms with Crippen molar-refractivity contribution >= 4 is 5.82 Å². The number of piperidine rings is 1. The van der Waals surface area contributed by atoms with E-state index in [0.29, 0.717) is 5.92 Å². The third-order valence-electron chi connectivity index (χ3n) is 4.26. The molecule has 6 heteroatoms. The van der Waals surface area contributed by atoms with Crippen LogP contribution in [0.25, 0.3) is 0 Å². The lowest BCUT2D eigenvalue weighted by atomic mass is 9.93. The minimum atomic E-state index is 0.647. The molecular weight excluding hydrogens is 276 g/mol. The maximum atomic E-state index is 4.50. The summed E-state index contributed by atoms with van der Waals surface area (Å²) in [6.45, 7) is 3.28. The molecule has 0 aromatic carbocycles. The average Bonchev–Trinajstić information content (AvgIpc) is 2.93. The zero-order valence-corrected chi connectivity index (χ0v) is 13.4. The van der Waals surface area contributed by atoms with Crippen molar-refractivity contribution in [3.63, 3.8) is 0 Å². The Morgan fingerprint density at radius 2 is 2.18 bits per heavy atom. The number of hydrogen-bond acceptors (Lipinski definition) is 5. The van der Waals surface area contributed by atoms with Gasteiger partial charge in [0.1, 0.15) is 5.82 Å². The largest absolute Gasteiger partial charge is 0.372 e. The summed E-state index contributed by atoms with van der Waals surface area (Å²) in [5, 5.41) is 7.40. The van der Waals surface area contributed by atoms with Crippen molar-refractivity contribution in [2.24, 2.45) is 13.0 Å². The molecular formula is C16H24N6. The Hall–Kier alpha value is -1.95. The molecule has 1 N–H and O–H groups in total. The zero-order chi connectivity index (χ0) is 15.4. The topological polar surface area (TPSA) is 58.9 Å². The molecule has 22 heavy (non-hydrogen) atoms. The number of aryl methyl sites for hydroxylation is 1. The van der Waals surface area contributed by atoms with Crippen LogP contribution in [0.3, 0.4) is 0 Å². The standard InChI is InChI=1S/C16H24N6/c1-17-16-15(18-5-6-19-16)8-13-4-3-7-22(11-13)12-14-9-20-21(2)10-14/h5-6,9-10,13H,3-4,7-8,11-12H2,1-2H3,(H,17,19)/t13-/m1/s1. The van der Waals surface area contributed by atoms with Crippen molar-refractivity contribution in [1.82, 2.24) is 24.6 Å². The highest BCUT2D eigenvalue weighted by molar-refractivity contribution is 5.38. The summed E-state index contributed by atoms with van der Waals surface area (Å²) in [7, 11) is 3.87. The molecule has 1 atom stereocenters. The first-order valence-corrected chi connectivity index (χ1v) is 7.92. The molecule has 0 unspecified atom stereocenters. The van der Waals surface area contributed by atoms with Crippen LogP contribution in [0.5, 0.6) is 0 Å². The van der Waals surface area contributed by atoms with Crippen LogP contribution in [-0.2, 0) is 20.0 Å². The summed E-state index contributed by atoms with van der Waals surface area (Å²) in [6.07, 6.45) is 11.1. The Labute approximate surface area is 131 Å². The van der Waals surface area contributed by atoms with Crippen LogP contribution in [0.1, 0.15) is 24.1 Å². The molecule has 0 bridgehead atoms. The van der Waals surface area contributed by atoms with E-state index in [9.17, 15) is 0 Å². The first-order valence-electron chi connectivity index (χ1n) is 7.92. The first kappa shape index (κ1) is 15.0. The van der Waals surface area contributed by atoms with Gasteiger partial charge in [0.25, 0.3) is 0 Å². The summed E-state index contributed by atoms with van der Waals surface area (Å²) < 4.78 is 1.87. The van der Waals surface area contributed by atoms with Crippen LogP contribution >= 0.6 is 0 Å². The third-order valence-corrected chi connectivity index (χ3v) is 4.26. The predicted molar refractivity (Wildman–Crippen MR) is 86.5 cm³/mol. The van der Waals surface area contributed by atoms with Gasteiger partial charge in [-0.2, -0.15) is 5.10 Å². The summed E-state index contributed by atoms with van der Waals surface area (Å²) in [5.74, 6) is 1.56. The quantitative estimate of drug-likeness (QED) is 0.911. The molecule has 0 radical (unpaired) electrons. The second-order valence-electron chi connectivity index (χ2n) is 6.07. The number of rotatable bonds is 5. The second kappa shape index (κ2) is 6.87. The predicted octanol–water partition coefficient (Wildman–Crippen LogP) is 1.71. The van der Waals surface area contributed by atoms with Crippen molar-refractivity contribution in [2.75, 3.05) is 25.5 Å². The van der Waals surface area contributed by atoms with E-state index in [1.807, 2.05) is 25.0 Å². The van der Waals surface area contributed by atoms with Crippen LogP contribution in [0.4, 0.5) is 5.82 Å². The van der Waals surface area contributed by atoms with Crippen molar-refractivity contribution in [3.05, 3.63) is 36.0 Å². The van der Waals surface area contributed by atoms with E-state index in [2.05, 4.69) is 31.5 Å². The molecule has 3 rings (SSSR count). The Balaban J connectivity index is 1.60. The second-order valence-corrected chi connectivity index (χ2v) is 6.07. The molecule has 6 nitrogen and oxygen atoms in total. The SMILES string of the molecule is CNc1nccnc1C[C@H]1CCCN(Cc2cnn(C)c2)C1. The molecule has 1 saturated heterocycles. The molecule has 0 amide bonds. The molecule has 0 aliphatic carbocycles. The smallest absolute Gasteiger partial charge is 0.147 e. The van der Waals surface area contributed by atoms with Gasteiger partial charge in [-0.25, -0.2) is 4.98 Å². The number of nitrogens with zero attached hydrogens (tertiary/aromatic N) is 5. The lowest BCUT2D eigenvalue weighted by Gasteiger charge is -2.32. The highest BCUT2D eigenvalue weighted by Crippen LogP contribution is 2.23. The van der Waals surface area contributed by atoms with Gasteiger partial charge in [0.2, 0.25) is 0 Å². The summed E-state index contributed by atoms with van der Waals surface area (Å²) in [5.41, 5.74) is 2.37. The summed E-state index contributed by atoms with van der Waals surface area (Å²) in [6, 6.07) is 0. The van der Waals surface area contributed by atoms with Gasteiger partial charge in [0, 0.05) is 51.3 Å². The Morgan fingerprint density at radius 3 is 2.95 bits per heavy atom. The average molecular weight is 300 g/mol. The van der Waals surface area contributed by atoms with Crippen LogP contribution in [0, 0.1) is 5.92 Å². The highest BCUT2D eigenvalue weighted by Gasteiger charge is 2.22. The number of likely N-dealkylation sites (tertiary alicyclic amines) is 1. The van der Waals surface area contributed by atoms with E-state index >= 15 is 0 Å². The van der Waals surface area contributed by atoms with Gasteiger partial charge in [0.15, 0.2) is 0 Å². The van der Waals surface area contributed by atoms with E-state index in [0.717, 1.165) is 31.0 Å². The molecule has 1 aliphatic heterocycles. The Kier molecular flexibility index (Phi) is 4.68. The van der Waals surface area contributed by atoms with E-state index in [4.69, 9.17) is 0 Å². The van der Waals surface area contributed by atoms with E-state index in [1.54, 1.807) is 12.4 Å². The molecule has 2 aromatic rings. The van der Waals surface area contributed by atoms with Crippen molar-refractivity contribution in [3.8, 4) is 0 Å². The van der Waals surface area contributed by atoms with Crippen LogP contribution in [-0.4, -0.2) is 44.8 Å². The van der Waals surface area contributed by atoms with Gasteiger partial charge in [0.05, 0.1) is 11.9 Å². The van der Waals surface area contributed by atoms with Gasteiger partial charge >= 0.3 is 0 Å². The van der Waals surface area contributed by atoms with Gasteiger partial charge in [-0.15, -0.1) is 0 Å². The number of anilines is 1. The fourth-order valence-corrected chi connectivity index (χ4v) is 3.27. The molecule has 3 heterocycles. The lowest BCUT2D eigenvalue weighted by molar-refractivity contribution is 0.166. The third kappa shape index (κ3) is 3.62. The van der Waals surface area contributed by atoms with Gasteiger partial charge in [-0.3, -0.25) is 14.6 Å². The molecule has 2 aromatic heterocycles. The molecule has 118 valence electrons. The molecule has 0 saturated carbocycles. The number of hydrogen-bond donors (Lipinski definition) is 1. The highest BCUT2D eigenvalue weighted by atomic mass is 15.2. The zero-order valence-electron chi connectivity index (χ0n) is 13.4. The summed E-state index contributed by atoms with van der Waals surface area (Å²) in [4.78, 5) is 11.4. The normalized spacial score (nSPS) is 19.3. The van der Waals surface area contributed by atoms with Crippen LogP contribution in [0.15, 0.2) is 24.8 Å². The van der Waals surface area contributed by atoms with Crippen molar-refractivity contribution in [2.45, 2.75) is 25.8 Å². The monoisotopic (exact) mass is 300 g/mol. The van der Waals surface area contributed by atoms with Crippen LogP contribution < -0.4 is 5.32 Å². The molecule has 1 fully saturated rings. The Bertz CT molecular complexity index is 608. The van der Waals surface area contributed by atoms with E-state index < -0.39 is 0 Å². The lowest BCUT2D eigenvalue weighted by Crippen LogP contribution is -2.35. The fraction of sp³-hybridized carbons (Fsp3) is 0.562. The maximum Gasteiger partial charge on any atom is 0.147 e. The summed E-state index contributed by atoms with van der Waals surface area (Å²) >= 11 is 0. The Morgan fingerprint density at radius 1 is 1.32 bits per heavy atom. The van der Waals surface area contributed by atoms with Crippen LogP contribution in [0.2, 0.25) is 0 Å². The van der Waals surface area contributed by atoms with Crippen molar-refractivity contribution in [1.29, 1.82) is 0 Å². The molecule has 1 aliphatic rings. The van der Waals surface area contributed by atoms with Gasteiger partial charge in [-0.1, -0.05) is 0 Å². The minimum Gasteiger partial charge on any atom is -0.372 e. The number of aromatic nitrogens is 4.